The van der Waals surface area contributed by atoms with Crippen LogP contribution in [0.3, 0.4) is 0 Å². The molecule has 1 atom stereocenters. The van der Waals surface area contributed by atoms with Crippen molar-refractivity contribution < 1.29 is 19.1 Å². The number of amides is 2. The molecule has 0 aliphatic rings. The van der Waals surface area contributed by atoms with E-state index in [4.69, 9.17) is 4.74 Å². The summed E-state index contributed by atoms with van der Waals surface area (Å²) in [4.78, 5) is 35.6. The van der Waals surface area contributed by atoms with Crippen molar-refractivity contribution in [3.63, 3.8) is 0 Å². The summed E-state index contributed by atoms with van der Waals surface area (Å²) in [7, 11) is 0. The van der Waals surface area contributed by atoms with Crippen LogP contribution < -0.4 is 10.6 Å². The van der Waals surface area contributed by atoms with Crippen LogP contribution in [0.2, 0.25) is 0 Å². The molecule has 0 bridgehead atoms. The molecule has 0 fully saturated rings. The van der Waals surface area contributed by atoms with Crippen molar-refractivity contribution in [1.29, 1.82) is 0 Å². The van der Waals surface area contributed by atoms with E-state index >= 15 is 0 Å². The number of ether oxygens (including phenoxy) is 1. The van der Waals surface area contributed by atoms with Crippen LogP contribution in [0.4, 0.5) is 10.5 Å². The van der Waals surface area contributed by atoms with Gasteiger partial charge >= 0.3 is 6.09 Å². The smallest absolute Gasteiger partial charge is 0.408 e. The Labute approximate surface area is 143 Å². The Balaban J connectivity index is 2.76. The topological polar surface area (TPSA) is 84.5 Å². The molecule has 1 unspecified atom stereocenters. The maximum Gasteiger partial charge on any atom is 0.408 e. The van der Waals surface area contributed by atoms with Crippen molar-refractivity contribution in [3.8, 4) is 0 Å². The van der Waals surface area contributed by atoms with Crippen molar-refractivity contribution in [2.24, 2.45) is 5.92 Å². The highest BCUT2D eigenvalue weighted by Crippen LogP contribution is 2.13. The molecule has 6 nitrogen and oxygen atoms in total. The zero-order chi connectivity index (χ0) is 18.5. The molecule has 2 amide bonds. The summed E-state index contributed by atoms with van der Waals surface area (Å²) in [5.41, 5.74) is 0.492. The lowest BCUT2D eigenvalue weighted by atomic mass is 10.0. The van der Waals surface area contributed by atoms with Gasteiger partial charge in [-0.2, -0.15) is 0 Å². The molecule has 1 rings (SSSR count). The summed E-state index contributed by atoms with van der Waals surface area (Å²) >= 11 is 0. The van der Waals surface area contributed by atoms with Gasteiger partial charge in [-0.25, -0.2) is 4.79 Å². The number of hydrogen-bond donors (Lipinski definition) is 2. The SMILES string of the molecule is CC(=O)c1ccc(NC(=O)C(NC(=O)OC(C)(C)C)C(C)C)cc1. The fraction of sp³-hybridized carbons (Fsp3) is 0.500. The molecular formula is C18H26N2O4. The van der Waals surface area contributed by atoms with Gasteiger partial charge in [0.1, 0.15) is 11.6 Å². The maximum atomic E-state index is 12.4. The van der Waals surface area contributed by atoms with Crippen LogP contribution in [0, 0.1) is 5.92 Å². The zero-order valence-electron chi connectivity index (χ0n) is 15.1. The van der Waals surface area contributed by atoms with E-state index < -0.39 is 17.7 Å². The van der Waals surface area contributed by atoms with E-state index in [-0.39, 0.29) is 17.6 Å². The summed E-state index contributed by atoms with van der Waals surface area (Å²) in [6, 6.07) is 5.86. The van der Waals surface area contributed by atoms with Gasteiger partial charge in [0, 0.05) is 11.3 Å². The first-order valence-corrected chi connectivity index (χ1v) is 7.91. The molecule has 0 spiro atoms. The lowest BCUT2D eigenvalue weighted by Gasteiger charge is -2.25. The minimum atomic E-state index is -0.729. The van der Waals surface area contributed by atoms with E-state index in [9.17, 15) is 14.4 Å². The standard InChI is InChI=1S/C18H26N2O4/c1-11(2)15(20-17(23)24-18(4,5)6)16(22)19-14-9-7-13(8-10-14)12(3)21/h7-11,15H,1-6H3,(H,19,22)(H,20,23). The zero-order valence-corrected chi connectivity index (χ0v) is 15.1. The Morgan fingerprint density at radius 2 is 1.58 bits per heavy atom. The van der Waals surface area contributed by atoms with E-state index in [2.05, 4.69) is 10.6 Å². The molecule has 1 aromatic rings. The molecule has 0 aliphatic heterocycles. The van der Waals surface area contributed by atoms with E-state index in [1.807, 2.05) is 13.8 Å². The van der Waals surface area contributed by atoms with Crippen LogP contribution in [0.25, 0.3) is 0 Å². The maximum absolute atomic E-state index is 12.4. The Hall–Kier alpha value is -2.37. The molecule has 0 saturated carbocycles. The Kier molecular flexibility index (Phi) is 6.51. The summed E-state index contributed by atoms with van der Waals surface area (Å²) in [6.45, 7) is 10.4. The number of nitrogens with one attached hydrogen (secondary N) is 2. The second kappa shape index (κ2) is 7.95. The Morgan fingerprint density at radius 3 is 2.00 bits per heavy atom. The molecule has 0 saturated heterocycles. The highest BCUT2D eigenvalue weighted by Gasteiger charge is 2.27. The highest BCUT2D eigenvalue weighted by molar-refractivity contribution is 5.98. The van der Waals surface area contributed by atoms with Gasteiger partial charge in [-0.3, -0.25) is 9.59 Å². The first-order chi connectivity index (χ1) is 11.0. The third kappa shape index (κ3) is 6.40. The average molecular weight is 334 g/mol. The van der Waals surface area contributed by atoms with Crippen molar-refractivity contribution in [3.05, 3.63) is 29.8 Å². The minimum Gasteiger partial charge on any atom is -0.444 e. The summed E-state index contributed by atoms with van der Waals surface area (Å²) < 4.78 is 5.19. The van der Waals surface area contributed by atoms with Crippen molar-refractivity contribution in [1.82, 2.24) is 5.32 Å². The van der Waals surface area contributed by atoms with Crippen LogP contribution in [-0.4, -0.2) is 29.4 Å². The summed E-state index contributed by atoms with van der Waals surface area (Å²) in [6.07, 6.45) is -0.636. The third-order valence-electron chi connectivity index (χ3n) is 3.18. The lowest BCUT2D eigenvalue weighted by Crippen LogP contribution is -2.48. The third-order valence-corrected chi connectivity index (χ3v) is 3.18. The number of rotatable bonds is 5. The van der Waals surface area contributed by atoms with Gasteiger partial charge in [0.05, 0.1) is 0 Å². The van der Waals surface area contributed by atoms with Gasteiger partial charge in [0.15, 0.2) is 5.78 Å². The fourth-order valence-electron chi connectivity index (χ4n) is 1.98. The number of ketones is 1. The number of hydrogen-bond acceptors (Lipinski definition) is 4. The lowest BCUT2D eigenvalue weighted by molar-refractivity contribution is -0.119. The molecule has 2 N–H and O–H groups in total. The van der Waals surface area contributed by atoms with Gasteiger partial charge in [0.25, 0.3) is 0 Å². The van der Waals surface area contributed by atoms with E-state index in [1.165, 1.54) is 6.92 Å². The predicted molar refractivity (Wildman–Crippen MR) is 93.1 cm³/mol. The molecule has 0 heterocycles. The molecule has 6 heteroatoms. The number of carbonyl (C=O) groups excluding carboxylic acids is 3. The van der Waals surface area contributed by atoms with Gasteiger partial charge < -0.3 is 15.4 Å². The first kappa shape index (κ1) is 19.7. The van der Waals surface area contributed by atoms with Gasteiger partial charge in [-0.1, -0.05) is 13.8 Å². The van der Waals surface area contributed by atoms with Crippen molar-refractivity contribution in [2.75, 3.05) is 5.32 Å². The van der Waals surface area contributed by atoms with Crippen LogP contribution in [0.5, 0.6) is 0 Å². The quantitative estimate of drug-likeness (QED) is 0.809. The van der Waals surface area contributed by atoms with E-state index in [0.29, 0.717) is 11.3 Å². The molecule has 132 valence electrons. The molecule has 1 aromatic carbocycles. The predicted octanol–water partition coefficient (Wildman–Crippen LogP) is 3.38. The summed E-state index contributed by atoms with van der Waals surface area (Å²) in [5, 5.41) is 5.33. The largest absolute Gasteiger partial charge is 0.444 e. The van der Waals surface area contributed by atoms with Crippen LogP contribution >= 0.6 is 0 Å². The molecule has 0 aliphatic carbocycles. The van der Waals surface area contributed by atoms with Crippen molar-refractivity contribution in [2.45, 2.75) is 53.2 Å². The van der Waals surface area contributed by atoms with Gasteiger partial charge in [-0.05, 0) is 57.9 Å². The van der Waals surface area contributed by atoms with Crippen molar-refractivity contribution >= 4 is 23.5 Å². The van der Waals surface area contributed by atoms with Crippen LogP contribution in [0.1, 0.15) is 51.9 Å². The second-order valence-corrected chi connectivity index (χ2v) is 6.99. The Morgan fingerprint density at radius 1 is 1.04 bits per heavy atom. The molecule has 0 aromatic heterocycles. The van der Waals surface area contributed by atoms with E-state index in [0.717, 1.165) is 0 Å². The monoisotopic (exact) mass is 334 g/mol. The van der Waals surface area contributed by atoms with Gasteiger partial charge in [-0.15, -0.1) is 0 Å². The molecular weight excluding hydrogens is 308 g/mol. The number of alkyl carbamates (subject to hydrolysis) is 1. The number of anilines is 1. The van der Waals surface area contributed by atoms with Crippen LogP contribution in [-0.2, 0) is 9.53 Å². The number of benzene rings is 1. The fourth-order valence-corrected chi connectivity index (χ4v) is 1.98. The molecule has 0 radical (unpaired) electrons. The van der Waals surface area contributed by atoms with Gasteiger partial charge in [0.2, 0.25) is 5.91 Å². The number of carbonyl (C=O) groups is 3. The summed E-state index contributed by atoms with van der Waals surface area (Å²) in [5.74, 6) is -0.500. The first-order valence-electron chi connectivity index (χ1n) is 7.91. The second-order valence-electron chi connectivity index (χ2n) is 6.99. The number of Topliss-reactive ketones (excluding diaryl/α,β-unsaturated/α-hetero) is 1. The highest BCUT2D eigenvalue weighted by atomic mass is 16.6. The average Bonchev–Trinajstić information content (AvgIpc) is 2.43. The Bertz CT molecular complexity index is 600. The van der Waals surface area contributed by atoms with Crippen LogP contribution in [0.15, 0.2) is 24.3 Å². The van der Waals surface area contributed by atoms with E-state index in [1.54, 1.807) is 45.0 Å². The minimum absolute atomic E-state index is 0.0421. The molecule has 24 heavy (non-hydrogen) atoms. The normalized spacial score (nSPS) is 12.5.